The first-order valence-corrected chi connectivity index (χ1v) is 13.0. The van der Waals surface area contributed by atoms with Gasteiger partial charge in [-0.2, -0.15) is 0 Å². The van der Waals surface area contributed by atoms with E-state index in [9.17, 15) is 0 Å². The average molecular weight is 446 g/mol. The molecule has 2 bridgehead atoms. The zero-order chi connectivity index (χ0) is 23.5. The van der Waals surface area contributed by atoms with Crippen LogP contribution in [0, 0.1) is 0 Å². The smallest absolute Gasteiger partial charge is 0.225 e. The van der Waals surface area contributed by atoms with Crippen LogP contribution >= 0.6 is 0 Å². The van der Waals surface area contributed by atoms with Crippen LogP contribution in [-0.4, -0.2) is 70.4 Å². The van der Waals surface area contributed by atoms with Crippen molar-refractivity contribution in [3.8, 4) is 0 Å². The first kappa shape index (κ1) is 26.7. The molecule has 32 heavy (non-hydrogen) atoms. The van der Waals surface area contributed by atoms with Gasteiger partial charge in [0.1, 0.15) is 6.29 Å². The quantitative estimate of drug-likeness (QED) is 0.579. The number of piperazine rings is 1. The lowest BCUT2D eigenvalue weighted by atomic mass is 9.94. The Bertz CT molecular complexity index is 632. The van der Waals surface area contributed by atoms with Crippen LogP contribution in [0.5, 0.6) is 0 Å². The van der Waals surface area contributed by atoms with E-state index in [-0.39, 0.29) is 0 Å². The van der Waals surface area contributed by atoms with Gasteiger partial charge < -0.3 is 9.69 Å². The average Bonchev–Trinajstić information content (AvgIpc) is 3.10. The minimum atomic E-state index is 0.591. The van der Waals surface area contributed by atoms with E-state index in [1.54, 1.807) is 0 Å². The number of rotatable bonds is 6. The van der Waals surface area contributed by atoms with Crippen molar-refractivity contribution in [2.75, 3.05) is 25.0 Å². The molecule has 0 N–H and O–H groups in total. The predicted molar refractivity (Wildman–Crippen MR) is 134 cm³/mol. The number of likely N-dealkylation sites (tertiary alicyclic amines) is 1. The molecule has 1 aromatic heterocycles. The summed E-state index contributed by atoms with van der Waals surface area (Å²) in [6.07, 6.45) is 15.6. The molecule has 3 fully saturated rings. The summed E-state index contributed by atoms with van der Waals surface area (Å²) >= 11 is 0. The van der Waals surface area contributed by atoms with Gasteiger partial charge in [-0.25, -0.2) is 9.97 Å². The summed E-state index contributed by atoms with van der Waals surface area (Å²) < 4.78 is 0. The summed E-state index contributed by atoms with van der Waals surface area (Å²) in [4.78, 5) is 26.1. The second kappa shape index (κ2) is 13.9. The Morgan fingerprint density at radius 2 is 1.59 bits per heavy atom. The van der Waals surface area contributed by atoms with Gasteiger partial charge >= 0.3 is 0 Å². The van der Waals surface area contributed by atoms with Gasteiger partial charge in [0.2, 0.25) is 5.95 Å². The molecule has 6 heteroatoms. The summed E-state index contributed by atoms with van der Waals surface area (Å²) in [6.45, 7) is 13.4. The van der Waals surface area contributed by atoms with Gasteiger partial charge in [0.05, 0.1) is 0 Å². The molecule has 2 saturated heterocycles. The van der Waals surface area contributed by atoms with E-state index in [0.29, 0.717) is 18.1 Å². The number of anilines is 1. The molecule has 0 radical (unpaired) electrons. The maximum absolute atomic E-state index is 8.81. The van der Waals surface area contributed by atoms with Crippen molar-refractivity contribution in [1.29, 1.82) is 0 Å². The molecular formula is C26H47N5O. The van der Waals surface area contributed by atoms with Gasteiger partial charge in [0, 0.05) is 61.8 Å². The van der Waals surface area contributed by atoms with Crippen molar-refractivity contribution in [2.24, 2.45) is 0 Å². The molecule has 0 amide bonds. The molecule has 1 aliphatic carbocycles. The first-order valence-electron chi connectivity index (χ1n) is 13.0. The third kappa shape index (κ3) is 6.98. The highest BCUT2D eigenvalue weighted by Gasteiger charge is 2.42. The summed E-state index contributed by atoms with van der Waals surface area (Å²) in [7, 11) is 2.26. The van der Waals surface area contributed by atoms with Gasteiger partial charge in [-0.05, 0) is 53.0 Å². The van der Waals surface area contributed by atoms with Crippen molar-refractivity contribution in [3.63, 3.8) is 0 Å². The number of carbonyl (C=O) groups excluding carboxylic acids is 1. The van der Waals surface area contributed by atoms with Crippen LogP contribution in [0.3, 0.4) is 0 Å². The van der Waals surface area contributed by atoms with E-state index in [1.165, 1.54) is 76.9 Å². The third-order valence-electron chi connectivity index (χ3n) is 7.28. The number of aldehydes is 1. The van der Waals surface area contributed by atoms with E-state index >= 15 is 0 Å². The molecule has 3 aliphatic rings. The molecule has 6 nitrogen and oxygen atoms in total. The van der Waals surface area contributed by atoms with E-state index in [4.69, 9.17) is 14.8 Å². The molecule has 1 aromatic rings. The number of aromatic nitrogens is 2. The Kier molecular flexibility index (Phi) is 11.6. The zero-order valence-corrected chi connectivity index (χ0v) is 21.5. The number of fused-ring (bicyclic) bond motifs is 2. The lowest BCUT2D eigenvalue weighted by Gasteiger charge is -2.43. The number of carbonyl (C=O) groups is 1. The SMILES string of the molecule is CC.CC=O.CCC(C)N1CC2CCC(C1)N2c1ncc(CN(C)C2CCCCC2)cn1. The Morgan fingerprint density at radius 1 is 1.06 bits per heavy atom. The highest BCUT2D eigenvalue weighted by atomic mass is 16.1. The lowest BCUT2D eigenvalue weighted by molar-refractivity contribution is -0.106. The van der Waals surface area contributed by atoms with Crippen LogP contribution in [0.2, 0.25) is 0 Å². The number of hydrogen-bond donors (Lipinski definition) is 0. The third-order valence-corrected chi connectivity index (χ3v) is 7.28. The predicted octanol–water partition coefficient (Wildman–Crippen LogP) is 4.92. The number of nitrogens with zero attached hydrogens (tertiary/aromatic N) is 5. The van der Waals surface area contributed by atoms with Gasteiger partial charge in [0.15, 0.2) is 0 Å². The van der Waals surface area contributed by atoms with Crippen LogP contribution in [0.25, 0.3) is 0 Å². The Labute approximate surface area is 196 Å². The van der Waals surface area contributed by atoms with Crippen LogP contribution < -0.4 is 4.90 Å². The maximum Gasteiger partial charge on any atom is 0.225 e. The molecule has 0 spiro atoms. The summed E-state index contributed by atoms with van der Waals surface area (Å²) in [5.74, 6) is 0.954. The molecule has 0 aromatic carbocycles. The van der Waals surface area contributed by atoms with Gasteiger partial charge in [0.25, 0.3) is 0 Å². The van der Waals surface area contributed by atoms with Crippen LogP contribution in [0.15, 0.2) is 12.4 Å². The van der Waals surface area contributed by atoms with Crippen molar-refractivity contribution >= 4 is 12.2 Å². The normalized spacial score (nSPS) is 24.3. The monoisotopic (exact) mass is 445 g/mol. The Balaban J connectivity index is 0.000000671. The molecule has 4 rings (SSSR count). The molecule has 182 valence electrons. The molecule has 2 aliphatic heterocycles. The van der Waals surface area contributed by atoms with E-state index in [1.807, 2.05) is 13.8 Å². The fourth-order valence-corrected chi connectivity index (χ4v) is 5.38. The van der Waals surface area contributed by atoms with E-state index in [0.717, 1.165) is 24.8 Å². The summed E-state index contributed by atoms with van der Waals surface area (Å²) in [5, 5.41) is 0. The van der Waals surface area contributed by atoms with Crippen molar-refractivity contribution in [1.82, 2.24) is 19.8 Å². The topological polar surface area (TPSA) is 52.6 Å². The molecule has 3 atom stereocenters. The van der Waals surface area contributed by atoms with E-state index < -0.39 is 0 Å². The van der Waals surface area contributed by atoms with E-state index in [2.05, 4.69) is 48.0 Å². The van der Waals surface area contributed by atoms with Gasteiger partial charge in [-0.15, -0.1) is 0 Å². The van der Waals surface area contributed by atoms with Crippen molar-refractivity contribution < 1.29 is 4.79 Å². The number of hydrogen-bond acceptors (Lipinski definition) is 6. The minimum Gasteiger partial charge on any atom is -0.332 e. The minimum absolute atomic E-state index is 0.591. The molecule has 3 unspecified atom stereocenters. The Morgan fingerprint density at radius 3 is 2.09 bits per heavy atom. The maximum atomic E-state index is 8.81. The fourth-order valence-electron chi connectivity index (χ4n) is 5.38. The lowest BCUT2D eigenvalue weighted by Crippen LogP contribution is -2.56. The standard InChI is InChI=1S/C22H37N5.C2H4O.C2H6/c1-4-17(2)26-15-20-10-11-21(16-26)27(20)22-23-12-18(13-24-22)14-25(3)19-8-6-5-7-9-19;1-2-3;1-2/h12-13,17,19-21H,4-11,14-16H2,1-3H3;2H,1H3;1-2H3. The Hall–Kier alpha value is -1.53. The van der Waals surface area contributed by atoms with Crippen LogP contribution in [0.4, 0.5) is 5.95 Å². The summed E-state index contributed by atoms with van der Waals surface area (Å²) in [5.41, 5.74) is 1.25. The zero-order valence-electron chi connectivity index (χ0n) is 21.5. The molecule has 3 heterocycles. The van der Waals surface area contributed by atoms with Crippen LogP contribution in [-0.2, 0) is 11.3 Å². The van der Waals surface area contributed by atoms with Crippen molar-refractivity contribution in [2.45, 2.75) is 117 Å². The van der Waals surface area contributed by atoms with Crippen molar-refractivity contribution in [3.05, 3.63) is 18.0 Å². The van der Waals surface area contributed by atoms with Crippen LogP contribution in [0.1, 0.15) is 91.5 Å². The molecule has 1 saturated carbocycles. The van der Waals surface area contributed by atoms with Gasteiger partial charge in [-0.1, -0.05) is 40.0 Å². The second-order valence-corrected chi connectivity index (χ2v) is 9.34. The first-order chi connectivity index (χ1) is 15.6. The fraction of sp³-hybridized carbons (Fsp3) is 0.808. The highest BCUT2D eigenvalue weighted by molar-refractivity contribution is 5.44. The largest absolute Gasteiger partial charge is 0.332 e. The second-order valence-electron chi connectivity index (χ2n) is 9.34. The summed E-state index contributed by atoms with van der Waals surface area (Å²) in [6, 6.07) is 2.61. The highest BCUT2D eigenvalue weighted by Crippen LogP contribution is 2.34. The molecular weight excluding hydrogens is 398 g/mol. The van der Waals surface area contributed by atoms with Gasteiger partial charge in [-0.3, -0.25) is 9.80 Å².